The number of nitrogens with one attached hydrogen (secondary N) is 1. The maximum absolute atomic E-state index is 11.5. The van der Waals surface area contributed by atoms with Crippen LogP contribution in [0.15, 0.2) is 24.3 Å². The molecule has 1 amide bonds. The van der Waals surface area contributed by atoms with Crippen molar-refractivity contribution in [1.82, 2.24) is 0 Å². The number of amides is 1. The molecule has 1 aliphatic heterocycles. The average molecular weight is 176 g/mol. The number of nitrogens with two attached hydrogens (primary N) is 1. The van der Waals surface area contributed by atoms with Gasteiger partial charge in [-0.05, 0) is 24.6 Å². The second kappa shape index (κ2) is 3.18. The van der Waals surface area contributed by atoms with E-state index in [1.807, 2.05) is 24.3 Å². The Labute approximate surface area is 76.9 Å². The lowest BCUT2D eigenvalue weighted by molar-refractivity contribution is -0.117. The third kappa shape index (κ3) is 1.31. The lowest BCUT2D eigenvalue weighted by Gasteiger charge is -2.05. The van der Waals surface area contributed by atoms with Crippen LogP contribution in [0.4, 0.5) is 5.69 Å². The van der Waals surface area contributed by atoms with Crippen molar-refractivity contribution in [2.75, 3.05) is 11.9 Å². The van der Waals surface area contributed by atoms with Gasteiger partial charge < -0.3 is 11.1 Å². The molecule has 0 aliphatic carbocycles. The first-order chi connectivity index (χ1) is 6.33. The molecule has 13 heavy (non-hydrogen) atoms. The standard InChI is InChI=1S/C10H12N2O/c11-6-5-8-7-3-1-2-4-9(7)12-10(8)13/h1-4,8H,5-6,11H2,(H,12,13)/t8-/m1/s1. The molecule has 1 aromatic rings. The van der Waals surface area contributed by atoms with Crippen molar-refractivity contribution in [3.8, 4) is 0 Å². The summed E-state index contributed by atoms with van der Waals surface area (Å²) in [4.78, 5) is 11.5. The number of carbonyl (C=O) groups is 1. The van der Waals surface area contributed by atoms with Crippen molar-refractivity contribution in [2.45, 2.75) is 12.3 Å². The second-order valence-electron chi connectivity index (χ2n) is 3.21. The van der Waals surface area contributed by atoms with E-state index in [0.717, 1.165) is 17.7 Å². The number of carbonyl (C=O) groups excluding carboxylic acids is 1. The fraction of sp³-hybridized carbons (Fsp3) is 0.300. The molecule has 1 aromatic carbocycles. The van der Waals surface area contributed by atoms with Crippen LogP contribution in [0.5, 0.6) is 0 Å². The van der Waals surface area contributed by atoms with Gasteiger partial charge in [-0.2, -0.15) is 0 Å². The average Bonchev–Trinajstić information content (AvgIpc) is 2.44. The van der Waals surface area contributed by atoms with E-state index in [1.165, 1.54) is 0 Å². The van der Waals surface area contributed by atoms with Gasteiger partial charge in [0.2, 0.25) is 5.91 Å². The van der Waals surface area contributed by atoms with E-state index in [9.17, 15) is 4.79 Å². The van der Waals surface area contributed by atoms with Gasteiger partial charge in [0.1, 0.15) is 0 Å². The zero-order valence-corrected chi connectivity index (χ0v) is 7.29. The van der Waals surface area contributed by atoms with Crippen molar-refractivity contribution in [2.24, 2.45) is 5.73 Å². The predicted octanol–water partition coefficient (Wildman–Crippen LogP) is 1.07. The number of rotatable bonds is 2. The lowest BCUT2D eigenvalue weighted by atomic mass is 9.97. The van der Waals surface area contributed by atoms with E-state index < -0.39 is 0 Å². The molecule has 0 aromatic heterocycles. The molecule has 1 heterocycles. The summed E-state index contributed by atoms with van der Waals surface area (Å²) < 4.78 is 0. The monoisotopic (exact) mass is 176 g/mol. The molecule has 0 radical (unpaired) electrons. The van der Waals surface area contributed by atoms with Gasteiger partial charge in [0.05, 0.1) is 5.92 Å². The molecule has 3 heteroatoms. The summed E-state index contributed by atoms with van der Waals surface area (Å²) in [5, 5.41) is 2.84. The Morgan fingerprint density at radius 1 is 1.38 bits per heavy atom. The van der Waals surface area contributed by atoms with Gasteiger partial charge in [-0.3, -0.25) is 4.79 Å². The zero-order valence-electron chi connectivity index (χ0n) is 7.29. The summed E-state index contributed by atoms with van der Waals surface area (Å²) in [6, 6.07) is 7.77. The fourth-order valence-electron chi connectivity index (χ4n) is 1.73. The van der Waals surface area contributed by atoms with Gasteiger partial charge in [0.15, 0.2) is 0 Å². The molecule has 0 unspecified atom stereocenters. The van der Waals surface area contributed by atoms with E-state index >= 15 is 0 Å². The highest BCUT2D eigenvalue weighted by atomic mass is 16.2. The number of benzene rings is 1. The molecule has 1 aliphatic rings. The highest BCUT2D eigenvalue weighted by Crippen LogP contribution is 2.33. The van der Waals surface area contributed by atoms with Crippen LogP contribution in [0.3, 0.4) is 0 Å². The van der Waals surface area contributed by atoms with Crippen molar-refractivity contribution < 1.29 is 4.79 Å². The minimum atomic E-state index is -0.0406. The molecule has 68 valence electrons. The Kier molecular flexibility index (Phi) is 2.02. The first-order valence-corrected chi connectivity index (χ1v) is 4.43. The van der Waals surface area contributed by atoms with Crippen molar-refractivity contribution >= 4 is 11.6 Å². The van der Waals surface area contributed by atoms with Gasteiger partial charge in [-0.1, -0.05) is 18.2 Å². The summed E-state index contributed by atoms with van der Waals surface area (Å²) in [5.41, 5.74) is 7.47. The molecule has 0 bridgehead atoms. The van der Waals surface area contributed by atoms with Gasteiger partial charge >= 0.3 is 0 Å². The Bertz CT molecular complexity index is 335. The first kappa shape index (κ1) is 8.26. The van der Waals surface area contributed by atoms with E-state index in [0.29, 0.717) is 6.54 Å². The van der Waals surface area contributed by atoms with Crippen LogP contribution in [0.1, 0.15) is 17.9 Å². The number of hydrogen-bond acceptors (Lipinski definition) is 2. The maximum Gasteiger partial charge on any atom is 0.232 e. The Morgan fingerprint density at radius 2 is 2.15 bits per heavy atom. The Hall–Kier alpha value is -1.35. The Balaban J connectivity index is 2.35. The third-order valence-corrected chi connectivity index (χ3v) is 2.37. The molecule has 0 spiro atoms. The normalized spacial score (nSPS) is 19.8. The number of para-hydroxylation sites is 1. The quantitative estimate of drug-likeness (QED) is 0.708. The van der Waals surface area contributed by atoms with Crippen molar-refractivity contribution in [1.29, 1.82) is 0 Å². The molecule has 0 fully saturated rings. The van der Waals surface area contributed by atoms with Crippen molar-refractivity contribution in [3.63, 3.8) is 0 Å². The first-order valence-electron chi connectivity index (χ1n) is 4.43. The van der Waals surface area contributed by atoms with E-state index in [1.54, 1.807) is 0 Å². The third-order valence-electron chi connectivity index (χ3n) is 2.37. The highest BCUT2D eigenvalue weighted by Gasteiger charge is 2.28. The van der Waals surface area contributed by atoms with Gasteiger partial charge in [0.25, 0.3) is 0 Å². The van der Waals surface area contributed by atoms with Crippen LogP contribution in [0.25, 0.3) is 0 Å². The van der Waals surface area contributed by atoms with Crippen LogP contribution >= 0.6 is 0 Å². The predicted molar refractivity (Wildman–Crippen MR) is 51.5 cm³/mol. The summed E-state index contributed by atoms with van der Waals surface area (Å²) in [7, 11) is 0. The fourth-order valence-corrected chi connectivity index (χ4v) is 1.73. The molecule has 3 N–H and O–H groups in total. The molecule has 0 saturated heterocycles. The number of anilines is 1. The SMILES string of the molecule is NCC[C@H]1C(=O)Nc2ccccc21. The second-order valence-corrected chi connectivity index (χ2v) is 3.21. The minimum absolute atomic E-state index is 0.0406. The van der Waals surface area contributed by atoms with E-state index in [-0.39, 0.29) is 11.8 Å². The Morgan fingerprint density at radius 3 is 2.92 bits per heavy atom. The van der Waals surface area contributed by atoms with Crippen molar-refractivity contribution in [3.05, 3.63) is 29.8 Å². The molecular formula is C10H12N2O. The van der Waals surface area contributed by atoms with Gasteiger partial charge in [-0.15, -0.1) is 0 Å². The summed E-state index contributed by atoms with van der Waals surface area (Å²) >= 11 is 0. The van der Waals surface area contributed by atoms with Crippen LogP contribution < -0.4 is 11.1 Å². The summed E-state index contributed by atoms with van der Waals surface area (Å²) in [6.07, 6.45) is 0.725. The van der Waals surface area contributed by atoms with E-state index in [4.69, 9.17) is 5.73 Å². The maximum atomic E-state index is 11.5. The molecule has 0 saturated carbocycles. The number of hydrogen-bond donors (Lipinski definition) is 2. The highest BCUT2D eigenvalue weighted by molar-refractivity contribution is 6.02. The van der Waals surface area contributed by atoms with Gasteiger partial charge in [0, 0.05) is 5.69 Å². The molecule has 1 atom stereocenters. The summed E-state index contributed by atoms with van der Waals surface area (Å²) in [6.45, 7) is 0.548. The topological polar surface area (TPSA) is 55.1 Å². The smallest absolute Gasteiger partial charge is 0.232 e. The number of fused-ring (bicyclic) bond motifs is 1. The zero-order chi connectivity index (χ0) is 9.26. The molecule has 2 rings (SSSR count). The van der Waals surface area contributed by atoms with Crippen LogP contribution in [0.2, 0.25) is 0 Å². The van der Waals surface area contributed by atoms with Gasteiger partial charge in [-0.25, -0.2) is 0 Å². The largest absolute Gasteiger partial charge is 0.330 e. The van der Waals surface area contributed by atoms with Crippen LogP contribution in [0, 0.1) is 0 Å². The molecule has 3 nitrogen and oxygen atoms in total. The molecular weight excluding hydrogens is 164 g/mol. The van der Waals surface area contributed by atoms with Crippen LogP contribution in [-0.2, 0) is 4.79 Å². The lowest BCUT2D eigenvalue weighted by Crippen LogP contribution is -2.15. The summed E-state index contributed by atoms with van der Waals surface area (Å²) in [5.74, 6) is 0.0350. The van der Waals surface area contributed by atoms with E-state index in [2.05, 4.69) is 5.32 Å². The minimum Gasteiger partial charge on any atom is -0.330 e. The van der Waals surface area contributed by atoms with Crippen LogP contribution in [-0.4, -0.2) is 12.5 Å².